The zero-order valence-electron chi connectivity index (χ0n) is 14.6. The number of amides is 1. The molecule has 1 amide bonds. The second kappa shape index (κ2) is 6.82. The molecule has 128 valence electrons. The highest BCUT2D eigenvalue weighted by atomic mass is 16.6. The molecule has 7 heteroatoms. The molecule has 7 nitrogen and oxygen atoms in total. The quantitative estimate of drug-likeness (QED) is 0.674. The molecular weight excluding hydrogens is 308 g/mol. The monoisotopic (exact) mass is 330 g/mol. The molecule has 1 aromatic heterocycles. The third-order valence-electron chi connectivity index (χ3n) is 4.12. The van der Waals surface area contributed by atoms with E-state index >= 15 is 0 Å². The van der Waals surface area contributed by atoms with Crippen LogP contribution in [0.15, 0.2) is 12.1 Å². The summed E-state index contributed by atoms with van der Waals surface area (Å²) in [4.78, 5) is 22.7. The van der Waals surface area contributed by atoms with Gasteiger partial charge in [0.2, 0.25) is 5.91 Å². The van der Waals surface area contributed by atoms with Gasteiger partial charge in [-0.3, -0.25) is 19.6 Å². The van der Waals surface area contributed by atoms with E-state index in [9.17, 15) is 14.9 Å². The Labute approximate surface area is 140 Å². The van der Waals surface area contributed by atoms with Crippen molar-refractivity contribution in [2.45, 2.75) is 47.7 Å². The van der Waals surface area contributed by atoms with Crippen LogP contribution in [0.2, 0.25) is 0 Å². The molecule has 0 spiro atoms. The van der Waals surface area contributed by atoms with Gasteiger partial charge in [-0.05, 0) is 51.3 Å². The minimum absolute atomic E-state index is 0.0342. The maximum Gasteiger partial charge on any atom is 0.312 e. The second-order valence-electron chi connectivity index (χ2n) is 6.09. The number of benzene rings is 1. The Morgan fingerprint density at radius 1 is 1.21 bits per heavy atom. The van der Waals surface area contributed by atoms with E-state index in [1.54, 1.807) is 13.8 Å². The fourth-order valence-electron chi connectivity index (χ4n) is 2.97. The van der Waals surface area contributed by atoms with Gasteiger partial charge in [-0.2, -0.15) is 5.10 Å². The molecule has 0 radical (unpaired) electrons. The summed E-state index contributed by atoms with van der Waals surface area (Å²) in [6, 6.07) is 4.16. The van der Waals surface area contributed by atoms with Crippen LogP contribution in [0.5, 0.6) is 0 Å². The molecule has 2 aromatic rings. The number of carbonyl (C=O) groups is 1. The fourth-order valence-corrected chi connectivity index (χ4v) is 2.97. The van der Waals surface area contributed by atoms with Gasteiger partial charge in [-0.1, -0.05) is 17.7 Å². The number of hydrogen-bond acceptors (Lipinski definition) is 4. The zero-order chi connectivity index (χ0) is 18.0. The van der Waals surface area contributed by atoms with Crippen LogP contribution in [0.1, 0.15) is 33.6 Å². The molecule has 0 atom stereocenters. The standard InChI is InChI=1S/C17H22N4O3/c1-10-6-11(2)15(12(3)7-10)8-18-16(22)9-20-14(5)17(21(23)24)13(4)19-20/h6-7H,8-9H2,1-5H3,(H,18,22). The normalized spacial score (nSPS) is 10.7. The highest BCUT2D eigenvalue weighted by Gasteiger charge is 2.22. The van der Waals surface area contributed by atoms with E-state index in [-0.39, 0.29) is 18.1 Å². The lowest BCUT2D eigenvalue weighted by molar-refractivity contribution is -0.386. The van der Waals surface area contributed by atoms with Crippen molar-refractivity contribution in [1.29, 1.82) is 0 Å². The second-order valence-corrected chi connectivity index (χ2v) is 6.09. The smallest absolute Gasteiger partial charge is 0.312 e. The number of nitro groups is 1. The van der Waals surface area contributed by atoms with Crippen LogP contribution in [0.25, 0.3) is 0 Å². The molecule has 0 saturated carbocycles. The van der Waals surface area contributed by atoms with Crippen LogP contribution >= 0.6 is 0 Å². The van der Waals surface area contributed by atoms with Gasteiger partial charge in [0.05, 0.1) is 4.92 Å². The summed E-state index contributed by atoms with van der Waals surface area (Å²) < 4.78 is 1.37. The lowest BCUT2D eigenvalue weighted by Crippen LogP contribution is -2.28. The van der Waals surface area contributed by atoms with E-state index in [0.29, 0.717) is 17.9 Å². The minimum Gasteiger partial charge on any atom is -0.350 e. The lowest BCUT2D eigenvalue weighted by Gasteiger charge is -2.12. The van der Waals surface area contributed by atoms with Gasteiger partial charge in [0, 0.05) is 6.54 Å². The van der Waals surface area contributed by atoms with Gasteiger partial charge in [0.1, 0.15) is 17.9 Å². The molecular formula is C17H22N4O3. The first-order valence-electron chi connectivity index (χ1n) is 7.72. The van der Waals surface area contributed by atoms with Crippen LogP contribution in [-0.2, 0) is 17.9 Å². The predicted molar refractivity (Wildman–Crippen MR) is 90.9 cm³/mol. The summed E-state index contributed by atoms with van der Waals surface area (Å²) in [5, 5.41) is 18.0. The van der Waals surface area contributed by atoms with Gasteiger partial charge in [-0.25, -0.2) is 0 Å². The Morgan fingerprint density at radius 3 is 2.29 bits per heavy atom. The summed E-state index contributed by atoms with van der Waals surface area (Å²) in [5.41, 5.74) is 5.21. The van der Waals surface area contributed by atoms with E-state index in [0.717, 1.165) is 16.7 Å². The van der Waals surface area contributed by atoms with E-state index in [1.807, 2.05) is 20.8 Å². The summed E-state index contributed by atoms with van der Waals surface area (Å²) in [5.74, 6) is -0.227. The van der Waals surface area contributed by atoms with E-state index < -0.39 is 4.92 Å². The number of rotatable bonds is 5. The van der Waals surface area contributed by atoms with Crippen LogP contribution in [0.4, 0.5) is 5.69 Å². The van der Waals surface area contributed by atoms with Crippen molar-refractivity contribution in [1.82, 2.24) is 15.1 Å². The summed E-state index contributed by atoms with van der Waals surface area (Å²) in [6.45, 7) is 9.64. The minimum atomic E-state index is -0.467. The maximum absolute atomic E-state index is 12.2. The highest BCUT2D eigenvalue weighted by Crippen LogP contribution is 2.21. The number of aromatic nitrogens is 2. The van der Waals surface area contributed by atoms with Crippen molar-refractivity contribution in [3.05, 3.63) is 55.9 Å². The number of nitrogens with zero attached hydrogens (tertiary/aromatic N) is 3. The highest BCUT2D eigenvalue weighted by molar-refractivity contribution is 5.76. The first-order valence-corrected chi connectivity index (χ1v) is 7.72. The van der Waals surface area contributed by atoms with Gasteiger partial charge in [0.25, 0.3) is 0 Å². The topological polar surface area (TPSA) is 90.1 Å². The zero-order valence-corrected chi connectivity index (χ0v) is 14.6. The molecule has 0 bridgehead atoms. The first-order chi connectivity index (χ1) is 11.2. The van der Waals surface area contributed by atoms with Crippen molar-refractivity contribution in [3.8, 4) is 0 Å². The average Bonchev–Trinajstić information content (AvgIpc) is 2.71. The molecule has 1 aromatic carbocycles. The number of carbonyl (C=O) groups excluding carboxylic acids is 1. The van der Waals surface area contributed by atoms with Crippen LogP contribution in [0.3, 0.4) is 0 Å². The van der Waals surface area contributed by atoms with E-state index in [4.69, 9.17) is 0 Å². The summed E-state index contributed by atoms with van der Waals surface area (Å²) >= 11 is 0. The molecule has 24 heavy (non-hydrogen) atoms. The Morgan fingerprint density at radius 2 is 1.79 bits per heavy atom. The van der Waals surface area contributed by atoms with Crippen molar-refractivity contribution in [3.63, 3.8) is 0 Å². The van der Waals surface area contributed by atoms with Gasteiger partial charge >= 0.3 is 5.69 Å². The van der Waals surface area contributed by atoms with Gasteiger partial charge in [-0.15, -0.1) is 0 Å². The molecule has 1 N–H and O–H groups in total. The SMILES string of the molecule is Cc1cc(C)c(CNC(=O)Cn2nc(C)c([N+](=O)[O-])c2C)c(C)c1. The Balaban J connectivity index is 2.08. The van der Waals surface area contributed by atoms with Crippen molar-refractivity contribution in [2.24, 2.45) is 0 Å². The van der Waals surface area contributed by atoms with Crippen LogP contribution in [-0.4, -0.2) is 20.6 Å². The third kappa shape index (κ3) is 3.61. The van der Waals surface area contributed by atoms with E-state index in [2.05, 4.69) is 22.5 Å². The largest absolute Gasteiger partial charge is 0.350 e. The first kappa shape index (κ1) is 17.7. The van der Waals surface area contributed by atoms with Crippen molar-refractivity contribution in [2.75, 3.05) is 0 Å². The van der Waals surface area contributed by atoms with E-state index in [1.165, 1.54) is 10.2 Å². The van der Waals surface area contributed by atoms with Crippen LogP contribution < -0.4 is 5.32 Å². The lowest BCUT2D eigenvalue weighted by atomic mass is 10.00. The maximum atomic E-state index is 12.2. The summed E-state index contributed by atoms with van der Waals surface area (Å²) in [7, 11) is 0. The van der Waals surface area contributed by atoms with Gasteiger partial charge < -0.3 is 5.32 Å². The third-order valence-corrected chi connectivity index (χ3v) is 4.12. The number of aryl methyl sites for hydroxylation is 4. The number of hydrogen-bond donors (Lipinski definition) is 1. The van der Waals surface area contributed by atoms with Crippen molar-refractivity contribution >= 4 is 11.6 Å². The molecule has 0 aliphatic rings. The molecule has 2 rings (SSSR count). The van der Waals surface area contributed by atoms with Crippen LogP contribution in [0, 0.1) is 44.7 Å². The molecule has 0 saturated heterocycles. The molecule has 0 fully saturated rings. The summed E-state index contributed by atoms with van der Waals surface area (Å²) in [6.07, 6.45) is 0. The molecule has 0 aliphatic carbocycles. The molecule has 0 unspecified atom stereocenters. The Bertz CT molecular complexity index is 785. The van der Waals surface area contributed by atoms with Crippen molar-refractivity contribution < 1.29 is 9.72 Å². The fraction of sp³-hybridized carbons (Fsp3) is 0.412. The average molecular weight is 330 g/mol. The molecule has 0 aliphatic heterocycles. The number of nitrogens with one attached hydrogen (secondary N) is 1. The van der Waals surface area contributed by atoms with Gasteiger partial charge in [0.15, 0.2) is 0 Å². The Kier molecular flexibility index (Phi) is 5.02. The predicted octanol–water partition coefficient (Wildman–Crippen LogP) is 2.65. The Hall–Kier alpha value is -2.70. The molecule has 1 heterocycles.